The number of aryl methyl sites for hydroxylation is 1. The van der Waals surface area contributed by atoms with Crippen molar-refractivity contribution in [3.63, 3.8) is 0 Å². The van der Waals surface area contributed by atoms with Crippen LogP contribution in [0.15, 0.2) is 18.2 Å². The van der Waals surface area contributed by atoms with Gasteiger partial charge in [0.25, 0.3) is 0 Å². The van der Waals surface area contributed by atoms with Crippen LogP contribution in [0.5, 0.6) is 0 Å². The summed E-state index contributed by atoms with van der Waals surface area (Å²) in [7, 11) is 0. The lowest BCUT2D eigenvalue weighted by molar-refractivity contribution is 0.626. The molecule has 0 spiro atoms. The van der Waals surface area contributed by atoms with E-state index in [4.69, 9.17) is 0 Å². The maximum atomic E-state index is 12.9. The van der Waals surface area contributed by atoms with Crippen LogP contribution in [-0.4, -0.2) is 0 Å². The molecule has 1 aromatic rings. The van der Waals surface area contributed by atoms with Gasteiger partial charge in [-0.1, -0.05) is 25.2 Å². The van der Waals surface area contributed by atoms with Crippen molar-refractivity contribution in [1.82, 2.24) is 0 Å². The topological polar surface area (TPSA) is 0 Å². The molecule has 1 heteroatoms. The molecule has 0 saturated heterocycles. The molecule has 0 bridgehead atoms. The summed E-state index contributed by atoms with van der Waals surface area (Å²) < 4.78 is 12.9. The molecule has 0 heterocycles. The average molecular weight is 190 g/mol. The molecule has 0 aliphatic rings. The number of benzene rings is 1. The van der Waals surface area contributed by atoms with Crippen LogP contribution in [-0.2, 0) is 0 Å². The fourth-order valence-corrected chi connectivity index (χ4v) is 1.24. The van der Waals surface area contributed by atoms with Gasteiger partial charge in [0.2, 0.25) is 0 Å². The molecule has 0 aromatic heterocycles. The molecule has 0 fully saturated rings. The van der Waals surface area contributed by atoms with Crippen molar-refractivity contribution in [3.05, 3.63) is 35.1 Å². The van der Waals surface area contributed by atoms with Crippen molar-refractivity contribution >= 4 is 0 Å². The van der Waals surface area contributed by atoms with E-state index in [1.807, 2.05) is 13.0 Å². The quantitative estimate of drug-likeness (QED) is 0.493. The molecule has 0 radical (unpaired) electrons. The standard InChI is InChI=1S/C13H15F/c1-3-4-5-6-7-12-8-11(2)9-13(14)10-12/h8-10H,3-5H2,1-2H3. The van der Waals surface area contributed by atoms with Crippen molar-refractivity contribution in [1.29, 1.82) is 0 Å². The Bertz CT molecular complexity index is 335. The smallest absolute Gasteiger partial charge is 0.124 e. The zero-order valence-corrected chi connectivity index (χ0v) is 8.73. The van der Waals surface area contributed by atoms with Crippen LogP contribution in [0.2, 0.25) is 0 Å². The normalized spacial score (nSPS) is 9.36. The SMILES string of the molecule is CCCCC#Cc1cc(C)cc(F)c1. The van der Waals surface area contributed by atoms with E-state index in [1.54, 1.807) is 0 Å². The van der Waals surface area contributed by atoms with E-state index in [2.05, 4.69) is 18.8 Å². The van der Waals surface area contributed by atoms with Gasteiger partial charge in [-0.2, -0.15) is 0 Å². The summed E-state index contributed by atoms with van der Waals surface area (Å²) >= 11 is 0. The first-order valence-electron chi connectivity index (χ1n) is 4.98. The van der Waals surface area contributed by atoms with Gasteiger partial charge in [-0.15, -0.1) is 0 Å². The number of hydrogen-bond acceptors (Lipinski definition) is 0. The maximum Gasteiger partial charge on any atom is 0.124 e. The Kier molecular flexibility index (Phi) is 4.19. The summed E-state index contributed by atoms with van der Waals surface area (Å²) in [5, 5.41) is 0. The van der Waals surface area contributed by atoms with E-state index in [9.17, 15) is 4.39 Å². The van der Waals surface area contributed by atoms with E-state index in [0.717, 1.165) is 30.4 Å². The Morgan fingerprint density at radius 1 is 1.29 bits per heavy atom. The van der Waals surface area contributed by atoms with Crippen LogP contribution < -0.4 is 0 Å². The van der Waals surface area contributed by atoms with E-state index < -0.39 is 0 Å². The minimum Gasteiger partial charge on any atom is -0.207 e. The summed E-state index contributed by atoms with van der Waals surface area (Å²) in [6.07, 6.45) is 3.16. The highest BCUT2D eigenvalue weighted by Gasteiger charge is 1.93. The lowest BCUT2D eigenvalue weighted by Crippen LogP contribution is -1.81. The van der Waals surface area contributed by atoms with Gasteiger partial charge in [-0.25, -0.2) is 4.39 Å². The third-order valence-electron chi connectivity index (χ3n) is 1.93. The van der Waals surface area contributed by atoms with Gasteiger partial charge < -0.3 is 0 Å². The molecule has 0 aliphatic heterocycles. The van der Waals surface area contributed by atoms with Crippen molar-refractivity contribution in [2.45, 2.75) is 33.1 Å². The van der Waals surface area contributed by atoms with E-state index >= 15 is 0 Å². The molecule has 0 atom stereocenters. The van der Waals surface area contributed by atoms with Crippen molar-refractivity contribution < 1.29 is 4.39 Å². The summed E-state index contributed by atoms with van der Waals surface area (Å²) in [4.78, 5) is 0. The highest BCUT2D eigenvalue weighted by atomic mass is 19.1. The second-order valence-electron chi connectivity index (χ2n) is 3.42. The lowest BCUT2D eigenvalue weighted by atomic mass is 10.1. The predicted octanol–water partition coefficient (Wildman–Crippen LogP) is 3.68. The average Bonchev–Trinajstić information content (AvgIpc) is 2.11. The third-order valence-corrected chi connectivity index (χ3v) is 1.93. The summed E-state index contributed by atoms with van der Waals surface area (Å²) in [6, 6.07) is 4.89. The molecule has 0 amide bonds. The zero-order valence-electron chi connectivity index (χ0n) is 8.73. The molecule has 74 valence electrons. The highest BCUT2D eigenvalue weighted by Crippen LogP contribution is 2.07. The molecule has 0 saturated carbocycles. The Hall–Kier alpha value is -1.29. The molecule has 1 rings (SSSR count). The van der Waals surface area contributed by atoms with E-state index in [0.29, 0.717) is 0 Å². The fourth-order valence-electron chi connectivity index (χ4n) is 1.24. The largest absolute Gasteiger partial charge is 0.207 e. The summed E-state index contributed by atoms with van der Waals surface area (Å²) in [5.41, 5.74) is 1.70. The second kappa shape index (κ2) is 5.44. The first-order chi connectivity index (χ1) is 6.72. The Balaban J connectivity index is 2.69. The second-order valence-corrected chi connectivity index (χ2v) is 3.42. The van der Waals surface area contributed by atoms with Gasteiger partial charge in [0.05, 0.1) is 0 Å². The van der Waals surface area contributed by atoms with Crippen molar-refractivity contribution in [3.8, 4) is 11.8 Å². The summed E-state index contributed by atoms with van der Waals surface area (Å²) in [6.45, 7) is 4.01. The molecular weight excluding hydrogens is 175 g/mol. The molecule has 0 aliphatic carbocycles. The highest BCUT2D eigenvalue weighted by molar-refractivity contribution is 5.37. The van der Waals surface area contributed by atoms with Gasteiger partial charge in [-0.05, 0) is 37.1 Å². The maximum absolute atomic E-state index is 12.9. The fraction of sp³-hybridized carbons (Fsp3) is 0.385. The van der Waals surface area contributed by atoms with Gasteiger partial charge in [-0.3, -0.25) is 0 Å². The predicted molar refractivity (Wildman–Crippen MR) is 57.5 cm³/mol. The first kappa shape index (κ1) is 10.8. The molecule has 14 heavy (non-hydrogen) atoms. The monoisotopic (exact) mass is 190 g/mol. The molecule has 0 unspecified atom stereocenters. The van der Waals surface area contributed by atoms with Gasteiger partial charge in [0.1, 0.15) is 5.82 Å². The Morgan fingerprint density at radius 3 is 2.71 bits per heavy atom. The Morgan fingerprint density at radius 2 is 2.07 bits per heavy atom. The molecule has 0 N–H and O–H groups in total. The van der Waals surface area contributed by atoms with Crippen LogP contribution >= 0.6 is 0 Å². The molecule has 0 nitrogen and oxygen atoms in total. The number of unbranched alkanes of at least 4 members (excludes halogenated alkanes) is 2. The van der Waals surface area contributed by atoms with Crippen LogP contribution in [0.25, 0.3) is 0 Å². The molecular formula is C13H15F. The number of hydrogen-bond donors (Lipinski definition) is 0. The van der Waals surface area contributed by atoms with Gasteiger partial charge >= 0.3 is 0 Å². The first-order valence-corrected chi connectivity index (χ1v) is 4.98. The number of halogens is 1. The van der Waals surface area contributed by atoms with E-state index in [-0.39, 0.29) is 5.82 Å². The van der Waals surface area contributed by atoms with Crippen LogP contribution in [0.3, 0.4) is 0 Å². The van der Waals surface area contributed by atoms with Crippen molar-refractivity contribution in [2.24, 2.45) is 0 Å². The third kappa shape index (κ3) is 3.62. The van der Waals surface area contributed by atoms with Gasteiger partial charge in [0.15, 0.2) is 0 Å². The van der Waals surface area contributed by atoms with Gasteiger partial charge in [0, 0.05) is 12.0 Å². The molecule has 1 aromatic carbocycles. The lowest BCUT2D eigenvalue weighted by Gasteiger charge is -1.94. The van der Waals surface area contributed by atoms with Crippen LogP contribution in [0.4, 0.5) is 4.39 Å². The van der Waals surface area contributed by atoms with Crippen LogP contribution in [0.1, 0.15) is 37.3 Å². The minimum absolute atomic E-state index is 0.204. The van der Waals surface area contributed by atoms with Crippen molar-refractivity contribution in [2.75, 3.05) is 0 Å². The zero-order chi connectivity index (χ0) is 10.4. The van der Waals surface area contributed by atoms with Crippen LogP contribution in [0, 0.1) is 24.6 Å². The van der Waals surface area contributed by atoms with E-state index in [1.165, 1.54) is 12.1 Å². The number of rotatable bonds is 2. The summed E-state index contributed by atoms with van der Waals surface area (Å²) in [5.74, 6) is 5.81. The Labute approximate surface area is 85.2 Å². The minimum atomic E-state index is -0.204.